The Labute approximate surface area is 132 Å². The van der Waals surface area contributed by atoms with Crippen LogP contribution in [0.1, 0.15) is 11.4 Å². The second-order valence-corrected chi connectivity index (χ2v) is 4.42. The molecule has 0 atom stereocenters. The first-order chi connectivity index (χ1) is 9.27. The molecule has 4 heteroatoms. The van der Waals surface area contributed by atoms with Crippen LogP contribution in [-0.2, 0) is 20.1 Å². The fraction of sp³-hybridized carbons (Fsp3) is 0.125. The van der Waals surface area contributed by atoms with E-state index in [9.17, 15) is 0 Å². The molecule has 1 radical (unpaired) electrons. The average Bonchev–Trinajstić information content (AvgIpc) is 2.76. The monoisotopic (exact) mass is 441 g/mol. The summed E-state index contributed by atoms with van der Waals surface area (Å²) in [6, 6.07) is 17.0. The summed E-state index contributed by atoms with van der Waals surface area (Å²) in [5.41, 5.74) is 5.06. The van der Waals surface area contributed by atoms with E-state index in [-0.39, 0.29) is 20.1 Å². The maximum Gasteiger partial charge on any atom is 0.0739 e. The van der Waals surface area contributed by atoms with Gasteiger partial charge in [0.2, 0.25) is 0 Å². The number of aryl methyl sites for hydroxylation is 1. The molecule has 3 nitrogen and oxygen atoms in total. The second-order valence-electron chi connectivity index (χ2n) is 4.42. The molecular formula is C16H14IrN3-. The Balaban J connectivity index is 0.00000147. The standard InChI is InChI=1S/C16H14N3.Ir/c1-12-16(15-10-6-7-11-17-15)13(2)19(18-12)14-8-4-3-5-9-14;/h3-8,10-11H,1-2H3;/q-1;. The molecule has 0 saturated carbocycles. The van der Waals surface area contributed by atoms with Crippen LogP contribution in [0.5, 0.6) is 0 Å². The molecule has 0 spiro atoms. The zero-order valence-corrected chi connectivity index (χ0v) is 13.7. The van der Waals surface area contributed by atoms with Crippen molar-refractivity contribution < 1.29 is 20.1 Å². The topological polar surface area (TPSA) is 30.7 Å². The molecule has 0 saturated heterocycles. The van der Waals surface area contributed by atoms with Crippen molar-refractivity contribution >= 4 is 0 Å². The number of benzene rings is 1. The van der Waals surface area contributed by atoms with Gasteiger partial charge in [-0.3, -0.25) is 9.67 Å². The van der Waals surface area contributed by atoms with Crippen LogP contribution in [0.25, 0.3) is 16.9 Å². The van der Waals surface area contributed by atoms with Gasteiger partial charge in [0.15, 0.2) is 0 Å². The van der Waals surface area contributed by atoms with Gasteiger partial charge in [0.25, 0.3) is 0 Å². The molecule has 3 rings (SSSR count). The molecule has 0 amide bonds. The van der Waals surface area contributed by atoms with Crippen molar-refractivity contribution in [2.45, 2.75) is 13.8 Å². The Hall–Kier alpha value is -1.77. The van der Waals surface area contributed by atoms with E-state index in [1.165, 1.54) is 0 Å². The Morgan fingerprint density at radius 3 is 2.50 bits per heavy atom. The van der Waals surface area contributed by atoms with E-state index in [0.717, 1.165) is 28.3 Å². The van der Waals surface area contributed by atoms with Crippen molar-refractivity contribution in [3.8, 4) is 16.9 Å². The third-order valence-electron chi connectivity index (χ3n) is 3.13. The zero-order chi connectivity index (χ0) is 13.2. The van der Waals surface area contributed by atoms with Crippen molar-refractivity contribution in [1.29, 1.82) is 0 Å². The van der Waals surface area contributed by atoms with Crippen molar-refractivity contribution in [2.75, 3.05) is 0 Å². The molecule has 2 heterocycles. The van der Waals surface area contributed by atoms with Crippen LogP contribution in [0.3, 0.4) is 0 Å². The second kappa shape index (κ2) is 6.12. The van der Waals surface area contributed by atoms with Crippen LogP contribution < -0.4 is 0 Å². The molecule has 0 unspecified atom stereocenters. The van der Waals surface area contributed by atoms with E-state index < -0.39 is 0 Å². The van der Waals surface area contributed by atoms with Gasteiger partial charge in [0.1, 0.15) is 0 Å². The molecule has 20 heavy (non-hydrogen) atoms. The average molecular weight is 441 g/mol. The fourth-order valence-electron chi connectivity index (χ4n) is 2.27. The summed E-state index contributed by atoms with van der Waals surface area (Å²) in [5, 5.41) is 4.60. The minimum atomic E-state index is 0. The van der Waals surface area contributed by atoms with Gasteiger partial charge in [-0.15, -0.1) is 6.07 Å². The minimum absolute atomic E-state index is 0. The first-order valence-corrected chi connectivity index (χ1v) is 6.22. The van der Waals surface area contributed by atoms with Gasteiger partial charge >= 0.3 is 0 Å². The predicted octanol–water partition coefficient (Wildman–Crippen LogP) is 3.35. The molecule has 0 fully saturated rings. The summed E-state index contributed by atoms with van der Waals surface area (Å²) < 4.78 is 1.92. The van der Waals surface area contributed by atoms with E-state index in [0.29, 0.717) is 0 Å². The van der Waals surface area contributed by atoms with E-state index >= 15 is 0 Å². The third-order valence-corrected chi connectivity index (χ3v) is 3.13. The summed E-state index contributed by atoms with van der Waals surface area (Å²) in [6.07, 6.45) is 1.81. The molecule has 0 aliphatic rings. The van der Waals surface area contributed by atoms with Crippen LogP contribution in [-0.4, -0.2) is 14.8 Å². The number of pyridine rings is 1. The van der Waals surface area contributed by atoms with Crippen LogP contribution in [0.15, 0.2) is 48.7 Å². The Kier molecular flexibility index (Phi) is 4.48. The largest absolute Gasteiger partial charge is 0.262 e. The molecule has 0 bridgehead atoms. The SMILES string of the molecule is Cc1nn(-c2[c-]cccc2)c(C)c1-c1ccccn1.[Ir]. The van der Waals surface area contributed by atoms with Crippen LogP contribution in [0.4, 0.5) is 0 Å². The van der Waals surface area contributed by atoms with Crippen molar-refractivity contribution in [2.24, 2.45) is 0 Å². The predicted molar refractivity (Wildman–Crippen MR) is 75.1 cm³/mol. The van der Waals surface area contributed by atoms with Gasteiger partial charge in [-0.25, -0.2) is 0 Å². The molecule has 3 aromatic rings. The maximum atomic E-state index is 4.60. The summed E-state index contributed by atoms with van der Waals surface area (Å²) in [7, 11) is 0. The first-order valence-electron chi connectivity index (χ1n) is 6.22. The molecule has 1 aromatic carbocycles. The van der Waals surface area contributed by atoms with Crippen molar-refractivity contribution in [3.63, 3.8) is 0 Å². The van der Waals surface area contributed by atoms with Crippen molar-refractivity contribution in [3.05, 3.63) is 66.1 Å². The first kappa shape index (κ1) is 14.6. The summed E-state index contributed by atoms with van der Waals surface area (Å²) >= 11 is 0. The van der Waals surface area contributed by atoms with Gasteiger partial charge in [-0.2, -0.15) is 29.4 Å². The number of hydrogen-bond acceptors (Lipinski definition) is 2. The molecule has 0 aliphatic carbocycles. The molecule has 103 valence electrons. The van der Waals surface area contributed by atoms with Gasteiger partial charge in [0, 0.05) is 37.6 Å². The Morgan fingerprint density at radius 1 is 1.05 bits per heavy atom. The van der Waals surface area contributed by atoms with Crippen LogP contribution in [0.2, 0.25) is 0 Å². The Morgan fingerprint density at radius 2 is 1.85 bits per heavy atom. The third kappa shape index (κ3) is 2.58. The fourth-order valence-corrected chi connectivity index (χ4v) is 2.27. The number of nitrogens with zero attached hydrogens (tertiary/aromatic N) is 3. The van der Waals surface area contributed by atoms with Gasteiger partial charge < -0.3 is 0 Å². The minimum Gasteiger partial charge on any atom is -0.262 e. The molecular weight excluding hydrogens is 426 g/mol. The van der Waals surface area contributed by atoms with Gasteiger partial charge in [0.05, 0.1) is 11.4 Å². The van der Waals surface area contributed by atoms with Crippen LogP contribution in [0, 0.1) is 19.9 Å². The van der Waals surface area contributed by atoms with E-state index in [2.05, 4.69) is 23.1 Å². The summed E-state index contributed by atoms with van der Waals surface area (Å²) in [6.45, 7) is 4.07. The zero-order valence-electron chi connectivity index (χ0n) is 11.3. The maximum absolute atomic E-state index is 4.60. The Bertz CT molecular complexity index is 691. The summed E-state index contributed by atoms with van der Waals surface area (Å²) in [4.78, 5) is 4.41. The van der Waals surface area contributed by atoms with Gasteiger partial charge in [-0.05, 0) is 31.7 Å². The van der Waals surface area contributed by atoms with E-state index in [1.807, 2.05) is 54.1 Å². The van der Waals surface area contributed by atoms with E-state index in [1.54, 1.807) is 6.20 Å². The number of hydrogen-bond donors (Lipinski definition) is 0. The van der Waals surface area contributed by atoms with Gasteiger partial charge in [-0.1, -0.05) is 6.07 Å². The number of aromatic nitrogens is 3. The van der Waals surface area contributed by atoms with Crippen molar-refractivity contribution in [1.82, 2.24) is 14.8 Å². The smallest absolute Gasteiger partial charge is 0.0739 e. The molecule has 0 aliphatic heterocycles. The summed E-state index contributed by atoms with van der Waals surface area (Å²) in [5.74, 6) is 0. The van der Waals surface area contributed by atoms with E-state index in [4.69, 9.17) is 0 Å². The van der Waals surface area contributed by atoms with Crippen LogP contribution >= 0.6 is 0 Å². The molecule has 0 N–H and O–H groups in total. The molecule has 2 aromatic heterocycles. The quantitative estimate of drug-likeness (QED) is 0.573. The normalized spacial score (nSPS) is 10.1. The number of para-hydroxylation sites is 1. The number of rotatable bonds is 2.